The first-order valence-electron chi connectivity index (χ1n) is 8.13. The summed E-state index contributed by atoms with van der Waals surface area (Å²) in [6.45, 7) is 2.52. The Kier molecular flexibility index (Phi) is 5.62. The Morgan fingerprint density at radius 2 is 1.96 bits per heavy atom. The number of thiazole rings is 1. The van der Waals surface area contributed by atoms with Gasteiger partial charge in [-0.3, -0.25) is 25.1 Å². The van der Waals surface area contributed by atoms with Crippen molar-refractivity contribution in [2.45, 2.75) is 6.54 Å². The maximum absolute atomic E-state index is 12.6. The number of piperazine rings is 1. The second kappa shape index (κ2) is 8.10. The Balaban J connectivity index is 1.67. The standard InChI is InChI=1S/C16H17N5O5S/c22-14(18-15-17-9-13(27-15)21(25)26)12-4-2-1-3-11(12)10-19-5-7-20(8-6-19)16(23)24/h1-4,9H,5-8,10H2,(H,23,24)(H,17,18,22). The second-order valence-corrected chi connectivity index (χ2v) is 6.93. The molecule has 10 nitrogen and oxygen atoms in total. The van der Waals surface area contributed by atoms with Gasteiger partial charge in [0.1, 0.15) is 6.20 Å². The van der Waals surface area contributed by atoms with E-state index >= 15 is 0 Å². The largest absolute Gasteiger partial charge is 0.465 e. The zero-order valence-corrected chi connectivity index (χ0v) is 15.0. The number of carboxylic acid groups (broad SMARTS) is 1. The highest BCUT2D eigenvalue weighted by atomic mass is 32.1. The molecule has 142 valence electrons. The molecule has 1 aromatic heterocycles. The van der Waals surface area contributed by atoms with Crippen LogP contribution < -0.4 is 5.32 Å². The molecule has 3 rings (SSSR count). The van der Waals surface area contributed by atoms with Crippen LogP contribution >= 0.6 is 11.3 Å². The van der Waals surface area contributed by atoms with Crippen molar-refractivity contribution in [3.63, 3.8) is 0 Å². The third-order valence-corrected chi connectivity index (χ3v) is 5.06. The lowest BCUT2D eigenvalue weighted by Crippen LogP contribution is -2.47. The Bertz CT molecular complexity index is 862. The third-order valence-electron chi connectivity index (χ3n) is 4.19. The van der Waals surface area contributed by atoms with Crippen LogP contribution in [0.2, 0.25) is 0 Å². The lowest BCUT2D eigenvalue weighted by Gasteiger charge is -2.33. The molecule has 0 unspecified atom stereocenters. The summed E-state index contributed by atoms with van der Waals surface area (Å²) >= 11 is 0.795. The summed E-state index contributed by atoms with van der Waals surface area (Å²) in [5.41, 5.74) is 1.25. The molecular formula is C16H17N5O5S. The van der Waals surface area contributed by atoms with Crippen LogP contribution in [-0.4, -0.2) is 63.0 Å². The Morgan fingerprint density at radius 3 is 2.59 bits per heavy atom. The minimum Gasteiger partial charge on any atom is -0.465 e. The molecule has 11 heteroatoms. The lowest BCUT2D eigenvalue weighted by molar-refractivity contribution is -0.380. The van der Waals surface area contributed by atoms with Crippen molar-refractivity contribution in [2.75, 3.05) is 31.5 Å². The maximum atomic E-state index is 12.6. The molecule has 1 aromatic carbocycles. The number of aromatic nitrogens is 1. The lowest BCUT2D eigenvalue weighted by atomic mass is 10.1. The zero-order valence-electron chi connectivity index (χ0n) is 14.2. The Morgan fingerprint density at radius 1 is 1.26 bits per heavy atom. The number of rotatable bonds is 5. The monoisotopic (exact) mass is 391 g/mol. The Hall–Kier alpha value is -3.05. The van der Waals surface area contributed by atoms with Gasteiger partial charge in [-0.2, -0.15) is 0 Å². The third kappa shape index (κ3) is 4.57. The summed E-state index contributed by atoms with van der Waals surface area (Å²) in [6.07, 6.45) is 0.181. The molecule has 1 aliphatic heterocycles. The smallest absolute Gasteiger partial charge is 0.407 e. The van der Waals surface area contributed by atoms with E-state index in [2.05, 4.69) is 15.2 Å². The maximum Gasteiger partial charge on any atom is 0.407 e. The molecule has 0 bridgehead atoms. The van der Waals surface area contributed by atoms with Crippen LogP contribution in [0, 0.1) is 10.1 Å². The first-order chi connectivity index (χ1) is 12.9. The molecule has 1 fully saturated rings. The van der Waals surface area contributed by atoms with Crippen LogP contribution in [0.25, 0.3) is 0 Å². The fourth-order valence-corrected chi connectivity index (χ4v) is 3.42. The van der Waals surface area contributed by atoms with Gasteiger partial charge in [0.15, 0.2) is 5.13 Å². The van der Waals surface area contributed by atoms with E-state index in [1.807, 2.05) is 12.1 Å². The highest BCUT2D eigenvalue weighted by molar-refractivity contribution is 7.18. The number of benzene rings is 1. The van der Waals surface area contributed by atoms with E-state index in [-0.39, 0.29) is 16.0 Å². The van der Waals surface area contributed by atoms with Crippen molar-refractivity contribution in [3.8, 4) is 0 Å². The van der Waals surface area contributed by atoms with Crippen LogP contribution in [0.4, 0.5) is 14.9 Å². The molecule has 2 N–H and O–H groups in total. The molecule has 0 saturated carbocycles. The SMILES string of the molecule is O=C(Nc1ncc([N+](=O)[O-])s1)c1ccccc1CN1CCN(C(=O)O)CC1. The van der Waals surface area contributed by atoms with Crippen molar-refractivity contribution in [3.05, 3.63) is 51.7 Å². The predicted molar refractivity (Wildman–Crippen MR) is 98.0 cm³/mol. The number of hydrogen-bond acceptors (Lipinski definition) is 7. The van der Waals surface area contributed by atoms with Gasteiger partial charge in [0.05, 0.1) is 4.92 Å². The van der Waals surface area contributed by atoms with Gasteiger partial charge in [0.2, 0.25) is 0 Å². The summed E-state index contributed by atoms with van der Waals surface area (Å²) in [4.78, 5) is 41.0. The fraction of sp³-hybridized carbons (Fsp3) is 0.312. The second-order valence-electron chi connectivity index (χ2n) is 5.92. The number of nitro groups is 1. The van der Waals surface area contributed by atoms with Gasteiger partial charge in [-0.05, 0) is 23.0 Å². The summed E-state index contributed by atoms with van der Waals surface area (Å²) in [5, 5.41) is 22.4. The minimum absolute atomic E-state index is 0.144. The number of anilines is 1. The molecule has 0 atom stereocenters. The molecule has 2 aromatic rings. The predicted octanol–water partition coefficient (Wildman–Crippen LogP) is 2.10. The number of nitrogens with one attached hydrogen (secondary N) is 1. The highest BCUT2D eigenvalue weighted by Crippen LogP contribution is 2.25. The van der Waals surface area contributed by atoms with Crippen molar-refractivity contribution in [1.29, 1.82) is 0 Å². The molecule has 0 radical (unpaired) electrons. The number of carbonyl (C=O) groups excluding carboxylic acids is 1. The average molecular weight is 391 g/mol. The molecule has 0 spiro atoms. The normalized spacial score (nSPS) is 14.7. The molecule has 2 amide bonds. The van der Waals surface area contributed by atoms with Gasteiger partial charge in [-0.25, -0.2) is 9.78 Å². The fourth-order valence-electron chi connectivity index (χ4n) is 2.79. The van der Waals surface area contributed by atoms with Crippen LogP contribution in [0.15, 0.2) is 30.5 Å². The van der Waals surface area contributed by atoms with Crippen molar-refractivity contribution >= 4 is 33.5 Å². The molecule has 2 heterocycles. The summed E-state index contributed by atoms with van der Waals surface area (Å²) < 4.78 is 0. The molecule has 1 saturated heterocycles. The van der Waals surface area contributed by atoms with Crippen molar-refractivity contribution in [2.24, 2.45) is 0 Å². The van der Waals surface area contributed by atoms with Crippen LogP contribution in [0.3, 0.4) is 0 Å². The molecular weight excluding hydrogens is 374 g/mol. The van der Waals surface area contributed by atoms with E-state index in [9.17, 15) is 19.7 Å². The number of amides is 2. The average Bonchev–Trinajstić information content (AvgIpc) is 3.11. The minimum atomic E-state index is -0.924. The summed E-state index contributed by atoms with van der Waals surface area (Å²) in [6, 6.07) is 7.09. The van der Waals surface area contributed by atoms with E-state index in [0.29, 0.717) is 38.3 Å². The summed E-state index contributed by atoms with van der Waals surface area (Å²) in [7, 11) is 0. The number of hydrogen-bond donors (Lipinski definition) is 2. The number of nitrogens with zero attached hydrogens (tertiary/aromatic N) is 4. The topological polar surface area (TPSA) is 129 Å². The first-order valence-corrected chi connectivity index (χ1v) is 8.95. The van der Waals surface area contributed by atoms with Crippen LogP contribution in [-0.2, 0) is 6.54 Å². The van der Waals surface area contributed by atoms with Crippen LogP contribution in [0.1, 0.15) is 15.9 Å². The number of carbonyl (C=O) groups is 2. The molecule has 27 heavy (non-hydrogen) atoms. The molecule has 0 aliphatic carbocycles. The Labute approximate surface area is 158 Å². The van der Waals surface area contributed by atoms with Crippen molar-refractivity contribution in [1.82, 2.24) is 14.8 Å². The summed E-state index contributed by atoms with van der Waals surface area (Å²) in [5.74, 6) is -0.390. The van der Waals surface area contributed by atoms with Gasteiger partial charge in [0, 0.05) is 38.3 Å². The van der Waals surface area contributed by atoms with E-state index in [1.165, 1.54) is 4.90 Å². The van der Waals surface area contributed by atoms with Gasteiger partial charge in [0.25, 0.3) is 5.91 Å². The van der Waals surface area contributed by atoms with E-state index < -0.39 is 11.0 Å². The first kappa shape index (κ1) is 18.7. The molecule has 1 aliphatic rings. The van der Waals surface area contributed by atoms with E-state index in [1.54, 1.807) is 12.1 Å². The van der Waals surface area contributed by atoms with Crippen molar-refractivity contribution < 1.29 is 19.6 Å². The quantitative estimate of drug-likeness (QED) is 0.590. The highest BCUT2D eigenvalue weighted by Gasteiger charge is 2.22. The van der Waals surface area contributed by atoms with Crippen LogP contribution in [0.5, 0.6) is 0 Å². The zero-order chi connectivity index (χ0) is 19.4. The van der Waals surface area contributed by atoms with Gasteiger partial charge >= 0.3 is 11.1 Å². The van der Waals surface area contributed by atoms with E-state index in [4.69, 9.17) is 5.11 Å². The van der Waals surface area contributed by atoms with Gasteiger partial charge < -0.3 is 10.0 Å². The van der Waals surface area contributed by atoms with E-state index in [0.717, 1.165) is 23.1 Å². The van der Waals surface area contributed by atoms with Gasteiger partial charge in [-0.15, -0.1) is 0 Å². The van der Waals surface area contributed by atoms with Gasteiger partial charge in [-0.1, -0.05) is 18.2 Å².